The first-order valence-corrected chi connectivity index (χ1v) is 18.5. The zero-order chi connectivity index (χ0) is 35.6. The van der Waals surface area contributed by atoms with E-state index in [1.54, 1.807) is 0 Å². The molecular weight excluding hydrogens is 655 g/mol. The van der Waals surface area contributed by atoms with Gasteiger partial charge in [0, 0.05) is 33.2 Å². The number of hydrogen-bond donors (Lipinski definition) is 0. The summed E-state index contributed by atoms with van der Waals surface area (Å²) >= 11 is 0. The van der Waals surface area contributed by atoms with Crippen LogP contribution < -0.4 is 4.90 Å². The van der Waals surface area contributed by atoms with Gasteiger partial charge in [-0.25, -0.2) is 0 Å². The lowest BCUT2D eigenvalue weighted by Gasteiger charge is -2.26. The van der Waals surface area contributed by atoms with E-state index in [0.29, 0.717) is 0 Å². The van der Waals surface area contributed by atoms with Gasteiger partial charge in [0.05, 0.1) is 0 Å². The van der Waals surface area contributed by atoms with Gasteiger partial charge in [0.15, 0.2) is 0 Å². The van der Waals surface area contributed by atoms with Gasteiger partial charge in [0.2, 0.25) is 0 Å². The molecule has 0 fully saturated rings. The molecule has 0 unspecified atom stereocenters. The van der Waals surface area contributed by atoms with Crippen molar-refractivity contribution < 1.29 is 4.42 Å². The molecule has 10 aromatic carbocycles. The van der Waals surface area contributed by atoms with Crippen LogP contribution in [0.25, 0.3) is 87.3 Å². The monoisotopic (exact) mass is 687 g/mol. The molecule has 252 valence electrons. The van der Waals surface area contributed by atoms with Crippen molar-refractivity contribution in [2.45, 2.75) is 0 Å². The molecule has 54 heavy (non-hydrogen) atoms. The maximum absolute atomic E-state index is 6.41. The lowest BCUT2D eigenvalue weighted by molar-refractivity contribution is 0.672. The van der Waals surface area contributed by atoms with Gasteiger partial charge in [-0.3, -0.25) is 0 Å². The third-order valence-corrected chi connectivity index (χ3v) is 11.0. The summed E-state index contributed by atoms with van der Waals surface area (Å²) in [5.74, 6) is 0. The van der Waals surface area contributed by atoms with Crippen LogP contribution in [0, 0.1) is 0 Å². The second-order valence-electron chi connectivity index (χ2n) is 14.1. The molecule has 0 radical (unpaired) electrons. The van der Waals surface area contributed by atoms with Crippen molar-refractivity contribution >= 4 is 82.1 Å². The van der Waals surface area contributed by atoms with Crippen LogP contribution >= 0.6 is 0 Å². The maximum atomic E-state index is 6.41. The maximum Gasteiger partial charge on any atom is 0.143 e. The minimum Gasteiger partial charge on any atom is -0.455 e. The first kappa shape index (κ1) is 30.5. The highest BCUT2D eigenvalue weighted by Crippen LogP contribution is 2.41. The molecule has 0 atom stereocenters. The Morgan fingerprint density at radius 3 is 1.65 bits per heavy atom. The Hall–Kier alpha value is -7.16. The van der Waals surface area contributed by atoms with Crippen LogP contribution in [0.3, 0.4) is 0 Å². The molecule has 1 heterocycles. The van der Waals surface area contributed by atoms with Gasteiger partial charge in [-0.2, -0.15) is 0 Å². The Bertz CT molecular complexity index is 3200. The fraction of sp³-hybridized carbons (Fsp3) is 0. The summed E-state index contributed by atoms with van der Waals surface area (Å²) in [6, 6.07) is 72.4. The van der Waals surface area contributed by atoms with Crippen molar-refractivity contribution in [1.29, 1.82) is 0 Å². The number of nitrogens with zero attached hydrogens (tertiary/aromatic N) is 1. The highest BCUT2D eigenvalue weighted by atomic mass is 16.3. The van der Waals surface area contributed by atoms with Gasteiger partial charge in [0.1, 0.15) is 11.2 Å². The fourth-order valence-corrected chi connectivity index (χ4v) is 8.34. The molecule has 11 aromatic rings. The number of para-hydroxylation sites is 1. The number of fused-ring (bicyclic) bond motifs is 9. The Morgan fingerprint density at radius 1 is 0.296 bits per heavy atom. The van der Waals surface area contributed by atoms with Crippen LogP contribution in [0.15, 0.2) is 205 Å². The fourth-order valence-electron chi connectivity index (χ4n) is 8.34. The van der Waals surface area contributed by atoms with Crippen LogP contribution in [0.5, 0.6) is 0 Å². The van der Waals surface area contributed by atoms with Gasteiger partial charge in [-0.05, 0) is 121 Å². The summed E-state index contributed by atoms with van der Waals surface area (Å²) < 4.78 is 6.41. The molecule has 0 saturated carbocycles. The largest absolute Gasteiger partial charge is 0.455 e. The van der Waals surface area contributed by atoms with E-state index >= 15 is 0 Å². The molecule has 0 amide bonds. The number of hydrogen-bond acceptors (Lipinski definition) is 2. The minimum atomic E-state index is 0.914. The predicted molar refractivity (Wildman–Crippen MR) is 229 cm³/mol. The van der Waals surface area contributed by atoms with Crippen molar-refractivity contribution in [3.63, 3.8) is 0 Å². The molecule has 0 aliphatic carbocycles. The Labute approximate surface area is 312 Å². The molecule has 11 rings (SSSR count). The van der Waals surface area contributed by atoms with E-state index in [4.69, 9.17) is 4.42 Å². The molecule has 0 N–H and O–H groups in total. The molecular formula is C52H33NO. The highest BCUT2D eigenvalue weighted by molar-refractivity contribution is 6.15. The Balaban J connectivity index is 1.03. The molecule has 0 aliphatic rings. The van der Waals surface area contributed by atoms with Crippen molar-refractivity contribution in [2.75, 3.05) is 4.90 Å². The number of rotatable bonds is 5. The third-order valence-electron chi connectivity index (χ3n) is 11.0. The topological polar surface area (TPSA) is 16.4 Å². The van der Waals surface area contributed by atoms with Gasteiger partial charge >= 0.3 is 0 Å². The van der Waals surface area contributed by atoms with Gasteiger partial charge in [-0.1, -0.05) is 140 Å². The molecule has 1 aromatic heterocycles. The first-order valence-electron chi connectivity index (χ1n) is 18.5. The molecule has 0 aliphatic heterocycles. The summed E-state index contributed by atoms with van der Waals surface area (Å²) in [7, 11) is 0. The van der Waals surface area contributed by atoms with Crippen molar-refractivity contribution in [3.8, 4) is 22.3 Å². The smallest absolute Gasteiger partial charge is 0.143 e. The second-order valence-corrected chi connectivity index (χ2v) is 14.1. The predicted octanol–water partition coefficient (Wildman–Crippen LogP) is 15.0. The van der Waals surface area contributed by atoms with E-state index in [2.05, 4.69) is 193 Å². The quantitative estimate of drug-likeness (QED) is 0.168. The SMILES string of the molecule is c1ccc2c(-c3ccc(N(c4ccc(-c5ccc6ccc7ccccc7c6c5)cc4)c4ccc5c(ccc6c7ccccc7oc56)c4)cc3)cccc2c1. The summed E-state index contributed by atoms with van der Waals surface area (Å²) in [5.41, 5.74) is 9.93. The summed E-state index contributed by atoms with van der Waals surface area (Å²) in [5, 5.41) is 12.1. The average Bonchev–Trinajstić information content (AvgIpc) is 3.63. The number of anilines is 3. The molecule has 2 heteroatoms. The van der Waals surface area contributed by atoms with Crippen molar-refractivity contribution in [2.24, 2.45) is 0 Å². The molecule has 0 bridgehead atoms. The van der Waals surface area contributed by atoms with Crippen molar-refractivity contribution in [1.82, 2.24) is 0 Å². The Morgan fingerprint density at radius 2 is 0.852 bits per heavy atom. The van der Waals surface area contributed by atoms with Gasteiger partial charge in [-0.15, -0.1) is 0 Å². The van der Waals surface area contributed by atoms with E-state index < -0.39 is 0 Å². The van der Waals surface area contributed by atoms with Crippen LogP contribution in [0.1, 0.15) is 0 Å². The van der Waals surface area contributed by atoms with E-state index in [1.807, 2.05) is 12.1 Å². The van der Waals surface area contributed by atoms with E-state index in [9.17, 15) is 0 Å². The summed E-state index contributed by atoms with van der Waals surface area (Å²) in [6.07, 6.45) is 0. The van der Waals surface area contributed by atoms with Crippen LogP contribution in [-0.2, 0) is 0 Å². The minimum absolute atomic E-state index is 0.914. The van der Waals surface area contributed by atoms with Crippen LogP contribution in [-0.4, -0.2) is 0 Å². The first-order chi connectivity index (χ1) is 26.7. The van der Waals surface area contributed by atoms with Crippen LogP contribution in [0.2, 0.25) is 0 Å². The van der Waals surface area contributed by atoms with E-state index in [1.165, 1.54) is 54.6 Å². The van der Waals surface area contributed by atoms with Gasteiger partial charge < -0.3 is 9.32 Å². The van der Waals surface area contributed by atoms with E-state index in [-0.39, 0.29) is 0 Å². The van der Waals surface area contributed by atoms with Gasteiger partial charge in [0.25, 0.3) is 0 Å². The number of furan rings is 1. The van der Waals surface area contributed by atoms with E-state index in [0.717, 1.165) is 49.8 Å². The standard InChI is InChI=1S/C52H33NO/c1-3-11-44-35(8-1)10-7-14-45(44)37-22-27-42(28-23-37)53(43-29-31-47-40(32-43)24-30-49-48-13-5-6-15-51(48)54-52(47)49)41-25-20-34(21-26-41)39-19-18-38-17-16-36-9-2-4-12-46(36)50(38)33-39/h1-33H. The summed E-state index contributed by atoms with van der Waals surface area (Å²) in [4.78, 5) is 2.35. The zero-order valence-corrected chi connectivity index (χ0v) is 29.4. The molecule has 2 nitrogen and oxygen atoms in total. The normalized spacial score (nSPS) is 11.7. The highest BCUT2D eigenvalue weighted by Gasteiger charge is 2.17. The van der Waals surface area contributed by atoms with Crippen LogP contribution in [0.4, 0.5) is 17.1 Å². The average molecular weight is 688 g/mol. The zero-order valence-electron chi connectivity index (χ0n) is 29.4. The second kappa shape index (κ2) is 12.2. The van der Waals surface area contributed by atoms with Crippen molar-refractivity contribution in [3.05, 3.63) is 200 Å². The Kier molecular flexibility index (Phi) is 6.90. The number of benzene rings is 10. The third kappa shape index (κ3) is 4.96. The lowest BCUT2D eigenvalue weighted by atomic mass is 9.97. The summed E-state index contributed by atoms with van der Waals surface area (Å²) in [6.45, 7) is 0. The molecule has 0 saturated heterocycles. The lowest BCUT2D eigenvalue weighted by Crippen LogP contribution is -2.09. The molecule has 0 spiro atoms.